The van der Waals surface area contributed by atoms with E-state index in [4.69, 9.17) is 0 Å². The van der Waals surface area contributed by atoms with Crippen molar-refractivity contribution in [3.8, 4) is 0 Å². The number of benzene rings is 1. The molecule has 2 heterocycles. The van der Waals surface area contributed by atoms with Crippen LogP contribution in [0.2, 0.25) is 0 Å². The maximum absolute atomic E-state index is 13.3. The minimum absolute atomic E-state index is 0.00324. The van der Waals surface area contributed by atoms with Crippen molar-refractivity contribution in [2.24, 2.45) is 0 Å². The molecule has 1 aliphatic carbocycles. The zero-order valence-electron chi connectivity index (χ0n) is 13.8. The van der Waals surface area contributed by atoms with Crippen LogP contribution in [0.4, 0.5) is 23.4 Å². The molecule has 1 N–H and O–H groups in total. The first-order valence-electron chi connectivity index (χ1n) is 8.15. The summed E-state index contributed by atoms with van der Waals surface area (Å²) in [4.78, 5) is 7.50. The summed E-state index contributed by atoms with van der Waals surface area (Å²) < 4.78 is 53.1. The van der Waals surface area contributed by atoms with Crippen molar-refractivity contribution >= 4 is 11.6 Å². The molecule has 26 heavy (non-hydrogen) atoms. The zero-order valence-corrected chi connectivity index (χ0v) is 13.8. The van der Waals surface area contributed by atoms with Crippen LogP contribution < -0.4 is 5.32 Å². The second-order valence-electron chi connectivity index (χ2n) is 6.42. The third-order valence-corrected chi connectivity index (χ3v) is 4.44. The highest BCUT2D eigenvalue weighted by molar-refractivity contribution is 5.47. The minimum atomic E-state index is -4.63. The van der Waals surface area contributed by atoms with Crippen molar-refractivity contribution in [3.63, 3.8) is 0 Å². The number of nitrogens with one attached hydrogen (secondary N) is 1. The molecule has 0 fully saturated rings. The van der Waals surface area contributed by atoms with Gasteiger partial charge >= 0.3 is 6.18 Å². The van der Waals surface area contributed by atoms with E-state index >= 15 is 0 Å². The Bertz CT molecular complexity index is 979. The molecule has 9 heteroatoms. The van der Waals surface area contributed by atoms with Gasteiger partial charge in [-0.1, -0.05) is 6.07 Å². The lowest BCUT2D eigenvalue weighted by molar-refractivity contribution is -0.144. The average molecular weight is 365 g/mol. The summed E-state index contributed by atoms with van der Waals surface area (Å²) in [7, 11) is 0. The first-order valence-corrected chi connectivity index (χ1v) is 8.15. The Kier molecular flexibility index (Phi) is 3.82. The zero-order chi connectivity index (χ0) is 18.5. The van der Waals surface area contributed by atoms with Crippen LogP contribution in [0.3, 0.4) is 0 Å². The summed E-state index contributed by atoms with van der Waals surface area (Å²) in [6.45, 7) is 1.69. The molecular weight excluding hydrogens is 350 g/mol. The SMILES string of the molecule is Cc1cc(NC2CCc3cc(F)ccc3C2)n2nc(C(F)(F)F)nc2n1. The second-order valence-corrected chi connectivity index (χ2v) is 6.42. The molecule has 136 valence electrons. The van der Waals surface area contributed by atoms with Crippen LogP contribution in [-0.4, -0.2) is 25.6 Å². The van der Waals surface area contributed by atoms with E-state index in [0.717, 1.165) is 22.1 Å². The quantitative estimate of drug-likeness (QED) is 0.706. The first-order chi connectivity index (χ1) is 12.3. The summed E-state index contributed by atoms with van der Waals surface area (Å²) in [6.07, 6.45) is -2.55. The van der Waals surface area contributed by atoms with Gasteiger partial charge < -0.3 is 5.32 Å². The third kappa shape index (κ3) is 3.09. The Balaban J connectivity index is 1.65. The number of aryl methyl sites for hydroxylation is 2. The molecule has 0 saturated heterocycles. The molecule has 1 unspecified atom stereocenters. The molecule has 1 aliphatic rings. The number of hydrogen-bond donors (Lipinski definition) is 1. The topological polar surface area (TPSA) is 55.1 Å². The second kappa shape index (κ2) is 5.93. The molecule has 0 saturated carbocycles. The smallest absolute Gasteiger partial charge is 0.367 e. The summed E-state index contributed by atoms with van der Waals surface area (Å²) in [5, 5.41) is 6.80. The number of rotatable bonds is 2. The van der Waals surface area contributed by atoms with Gasteiger partial charge in [0.15, 0.2) is 0 Å². The largest absolute Gasteiger partial charge is 0.453 e. The molecule has 2 aromatic heterocycles. The summed E-state index contributed by atoms with van der Waals surface area (Å²) >= 11 is 0. The lowest BCUT2D eigenvalue weighted by Crippen LogP contribution is -2.28. The molecule has 4 rings (SSSR count). The maximum Gasteiger partial charge on any atom is 0.453 e. The fraction of sp³-hybridized carbons (Fsp3) is 0.353. The van der Waals surface area contributed by atoms with Crippen molar-refractivity contribution in [2.45, 2.75) is 38.4 Å². The van der Waals surface area contributed by atoms with Crippen LogP contribution in [0, 0.1) is 12.7 Å². The van der Waals surface area contributed by atoms with Gasteiger partial charge in [-0.05, 0) is 49.4 Å². The first kappa shape index (κ1) is 16.7. The highest BCUT2D eigenvalue weighted by Gasteiger charge is 2.37. The van der Waals surface area contributed by atoms with Crippen molar-refractivity contribution in [1.29, 1.82) is 0 Å². The van der Waals surface area contributed by atoms with Crippen molar-refractivity contribution in [3.05, 3.63) is 52.7 Å². The predicted molar refractivity (Wildman–Crippen MR) is 86.4 cm³/mol. The molecule has 0 amide bonds. The van der Waals surface area contributed by atoms with Gasteiger partial charge in [0.25, 0.3) is 11.6 Å². The standard InChI is InChI=1S/C17H15F4N5/c1-9-6-14(26-16(22-9)24-15(25-26)17(19,20)21)23-13-5-3-10-7-12(18)4-2-11(10)8-13/h2,4,6-7,13,23H,3,5,8H2,1H3. The number of nitrogens with zero attached hydrogens (tertiary/aromatic N) is 4. The van der Waals surface area contributed by atoms with Crippen LogP contribution in [0.1, 0.15) is 29.1 Å². The van der Waals surface area contributed by atoms with E-state index in [1.165, 1.54) is 12.1 Å². The van der Waals surface area contributed by atoms with Crippen molar-refractivity contribution in [2.75, 3.05) is 5.32 Å². The Morgan fingerprint density at radius 3 is 2.73 bits per heavy atom. The molecule has 3 aromatic rings. The van der Waals surface area contributed by atoms with E-state index in [-0.39, 0.29) is 17.6 Å². The van der Waals surface area contributed by atoms with Gasteiger partial charge in [0, 0.05) is 17.8 Å². The normalized spacial score (nSPS) is 17.3. The van der Waals surface area contributed by atoms with Crippen LogP contribution in [0.25, 0.3) is 5.78 Å². The molecule has 5 nitrogen and oxygen atoms in total. The maximum atomic E-state index is 13.3. The number of fused-ring (bicyclic) bond motifs is 2. The van der Waals surface area contributed by atoms with E-state index in [1.807, 2.05) is 0 Å². The van der Waals surface area contributed by atoms with Crippen molar-refractivity contribution in [1.82, 2.24) is 19.6 Å². The van der Waals surface area contributed by atoms with Crippen LogP contribution in [0.5, 0.6) is 0 Å². The molecule has 0 bridgehead atoms. The molecular formula is C17H15F4N5. The fourth-order valence-electron chi connectivity index (χ4n) is 3.27. The van der Waals surface area contributed by atoms with E-state index in [0.29, 0.717) is 24.4 Å². The highest BCUT2D eigenvalue weighted by atomic mass is 19.4. The number of hydrogen-bond acceptors (Lipinski definition) is 4. The van der Waals surface area contributed by atoms with E-state index in [9.17, 15) is 17.6 Å². The number of anilines is 1. The fourth-order valence-corrected chi connectivity index (χ4v) is 3.27. The number of aromatic nitrogens is 4. The number of alkyl halides is 3. The molecule has 1 aromatic carbocycles. The predicted octanol–water partition coefficient (Wildman–Crippen LogP) is 3.56. The molecule has 0 aliphatic heterocycles. The Labute approximate surface area is 146 Å². The van der Waals surface area contributed by atoms with E-state index in [2.05, 4.69) is 20.4 Å². The summed E-state index contributed by atoms with van der Waals surface area (Å²) in [6, 6.07) is 6.35. The lowest BCUT2D eigenvalue weighted by atomic mass is 9.88. The van der Waals surface area contributed by atoms with Gasteiger partial charge in [0.05, 0.1) is 0 Å². The summed E-state index contributed by atoms with van der Waals surface area (Å²) in [5.74, 6) is -1.17. The Hall–Kier alpha value is -2.71. The van der Waals surface area contributed by atoms with Gasteiger partial charge in [-0.15, -0.1) is 5.10 Å². The van der Waals surface area contributed by atoms with Crippen LogP contribution in [-0.2, 0) is 19.0 Å². The van der Waals surface area contributed by atoms with Gasteiger partial charge in [-0.2, -0.15) is 22.7 Å². The summed E-state index contributed by atoms with van der Waals surface area (Å²) in [5.41, 5.74) is 2.55. The van der Waals surface area contributed by atoms with Gasteiger partial charge in [0.1, 0.15) is 11.6 Å². The van der Waals surface area contributed by atoms with E-state index in [1.54, 1.807) is 19.1 Å². The Morgan fingerprint density at radius 1 is 1.15 bits per heavy atom. The van der Waals surface area contributed by atoms with Crippen LogP contribution >= 0.6 is 0 Å². The highest BCUT2D eigenvalue weighted by Crippen LogP contribution is 2.28. The van der Waals surface area contributed by atoms with Gasteiger partial charge in [-0.3, -0.25) is 0 Å². The van der Waals surface area contributed by atoms with Gasteiger partial charge in [-0.25, -0.2) is 9.37 Å². The average Bonchev–Trinajstić information content (AvgIpc) is 2.99. The van der Waals surface area contributed by atoms with E-state index < -0.39 is 12.0 Å². The van der Waals surface area contributed by atoms with Crippen molar-refractivity contribution < 1.29 is 17.6 Å². The molecule has 0 radical (unpaired) electrons. The number of halogens is 4. The lowest BCUT2D eigenvalue weighted by Gasteiger charge is -2.26. The third-order valence-electron chi connectivity index (χ3n) is 4.44. The molecule has 1 atom stereocenters. The monoisotopic (exact) mass is 365 g/mol. The molecule has 0 spiro atoms. The minimum Gasteiger partial charge on any atom is -0.367 e. The van der Waals surface area contributed by atoms with Crippen LogP contribution in [0.15, 0.2) is 24.3 Å². The Morgan fingerprint density at radius 2 is 1.96 bits per heavy atom. The van der Waals surface area contributed by atoms with Gasteiger partial charge in [0.2, 0.25) is 0 Å².